The van der Waals surface area contributed by atoms with Gasteiger partial charge in [0.1, 0.15) is 0 Å². The van der Waals surface area contributed by atoms with Gasteiger partial charge in [-0.25, -0.2) is 0 Å². The molecule has 5 nitrogen and oxygen atoms in total. The standard InChI is InChI=1S/C23H29N3O2/c1-3-16(2)22(24)23(28)25-19-12-10-17(11-13-19)15-21(27)26-14-6-8-18-7-4-5-9-20(18)26/h4-5,7,9-13,16,22H,3,6,8,14-15,24H2,1-2H3,(H,25,28). The summed E-state index contributed by atoms with van der Waals surface area (Å²) in [5.41, 5.74) is 9.86. The van der Waals surface area contributed by atoms with Crippen LogP contribution in [0.2, 0.25) is 0 Å². The van der Waals surface area contributed by atoms with Gasteiger partial charge in [0.25, 0.3) is 0 Å². The average molecular weight is 380 g/mol. The van der Waals surface area contributed by atoms with E-state index in [1.807, 2.05) is 61.2 Å². The number of carbonyl (C=O) groups is 2. The molecule has 0 spiro atoms. The maximum atomic E-state index is 12.8. The lowest BCUT2D eigenvalue weighted by Crippen LogP contribution is -2.40. The number of amides is 2. The van der Waals surface area contributed by atoms with E-state index < -0.39 is 6.04 Å². The van der Waals surface area contributed by atoms with Gasteiger partial charge in [-0.2, -0.15) is 0 Å². The summed E-state index contributed by atoms with van der Waals surface area (Å²) in [5.74, 6) is 0.0511. The summed E-state index contributed by atoms with van der Waals surface area (Å²) < 4.78 is 0. The zero-order chi connectivity index (χ0) is 20.1. The summed E-state index contributed by atoms with van der Waals surface area (Å²) >= 11 is 0. The van der Waals surface area contributed by atoms with Gasteiger partial charge in [-0.05, 0) is 48.1 Å². The summed E-state index contributed by atoms with van der Waals surface area (Å²) in [5, 5.41) is 2.85. The molecular weight excluding hydrogens is 350 g/mol. The van der Waals surface area contributed by atoms with E-state index in [4.69, 9.17) is 5.73 Å². The van der Waals surface area contributed by atoms with Gasteiger partial charge < -0.3 is 16.0 Å². The van der Waals surface area contributed by atoms with Crippen LogP contribution in [0.3, 0.4) is 0 Å². The van der Waals surface area contributed by atoms with Crippen molar-refractivity contribution in [1.82, 2.24) is 0 Å². The number of rotatable bonds is 6. The lowest BCUT2D eigenvalue weighted by atomic mass is 9.99. The second-order valence-electron chi connectivity index (χ2n) is 7.55. The average Bonchev–Trinajstić information content (AvgIpc) is 2.73. The van der Waals surface area contributed by atoms with E-state index in [1.165, 1.54) is 5.56 Å². The summed E-state index contributed by atoms with van der Waals surface area (Å²) in [4.78, 5) is 26.9. The minimum atomic E-state index is -0.523. The number of nitrogens with zero attached hydrogens (tertiary/aromatic N) is 1. The smallest absolute Gasteiger partial charge is 0.241 e. The van der Waals surface area contributed by atoms with Gasteiger partial charge in [0.05, 0.1) is 12.5 Å². The van der Waals surface area contributed by atoms with Gasteiger partial charge in [-0.3, -0.25) is 9.59 Å². The van der Waals surface area contributed by atoms with Crippen LogP contribution in [-0.4, -0.2) is 24.4 Å². The Morgan fingerprint density at radius 2 is 1.86 bits per heavy atom. The number of nitrogens with two attached hydrogens (primary N) is 1. The predicted octanol–water partition coefficient (Wildman–Crippen LogP) is 3.52. The normalized spacial score (nSPS) is 15.5. The molecule has 0 aromatic heterocycles. The van der Waals surface area contributed by atoms with Gasteiger partial charge in [0.2, 0.25) is 11.8 Å². The van der Waals surface area contributed by atoms with E-state index in [2.05, 4.69) is 11.4 Å². The predicted molar refractivity (Wildman–Crippen MR) is 113 cm³/mol. The van der Waals surface area contributed by atoms with Crippen LogP contribution in [-0.2, 0) is 22.4 Å². The monoisotopic (exact) mass is 379 g/mol. The van der Waals surface area contributed by atoms with Crippen LogP contribution in [0.4, 0.5) is 11.4 Å². The lowest BCUT2D eigenvalue weighted by molar-refractivity contribution is -0.119. The van der Waals surface area contributed by atoms with Crippen LogP contribution >= 0.6 is 0 Å². The second-order valence-corrected chi connectivity index (χ2v) is 7.55. The van der Waals surface area contributed by atoms with Crippen LogP contribution in [0, 0.1) is 5.92 Å². The first-order valence-electron chi connectivity index (χ1n) is 10.0. The highest BCUT2D eigenvalue weighted by Gasteiger charge is 2.22. The number of fused-ring (bicyclic) bond motifs is 1. The molecule has 0 bridgehead atoms. The number of anilines is 2. The molecule has 2 aromatic rings. The van der Waals surface area contributed by atoms with Crippen LogP contribution in [0.5, 0.6) is 0 Å². The summed E-state index contributed by atoms with van der Waals surface area (Å²) in [6, 6.07) is 15.0. The maximum Gasteiger partial charge on any atom is 0.241 e. The quantitative estimate of drug-likeness (QED) is 0.806. The SMILES string of the molecule is CCC(C)C(N)C(=O)Nc1ccc(CC(=O)N2CCCc3ccccc32)cc1. The van der Waals surface area contributed by atoms with Crippen LogP contribution < -0.4 is 16.0 Å². The fourth-order valence-corrected chi connectivity index (χ4v) is 3.51. The summed E-state index contributed by atoms with van der Waals surface area (Å²) in [6.07, 6.45) is 3.21. The number of hydrogen-bond donors (Lipinski definition) is 2. The Morgan fingerprint density at radius 3 is 2.57 bits per heavy atom. The Bertz CT molecular complexity index is 832. The van der Waals surface area contributed by atoms with E-state index in [1.54, 1.807) is 0 Å². The first kappa shape index (κ1) is 20.1. The third-order valence-electron chi connectivity index (χ3n) is 5.55. The molecule has 5 heteroatoms. The molecule has 2 aromatic carbocycles. The van der Waals surface area contributed by atoms with Crippen molar-refractivity contribution in [3.63, 3.8) is 0 Å². The number of benzene rings is 2. The molecule has 2 atom stereocenters. The summed E-state index contributed by atoms with van der Waals surface area (Å²) in [6.45, 7) is 4.75. The van der Waals surface area contributed by atoms with Crippen molar-refractivity contribution in [2.24, 2.45) is 11.7 Å². The molecule has 0 saturated heterocycles. The molecule has 1 heterocycles. The molecular formula is C23H29N3O2. The van der Waals surface area contributed by atoms with Crippen molar-refractivity contribution in [2.45, 2.75) is 45.6 Å². The van der Waals surface area contributed by atoms with Crippen LogP contribution in [0.25, 0.3) is 0 Å². The zero-order valence-corrected chi connectivity index (χ0v) is 16.7. The van der Waals surface area contributed by atoms with Crippen molar-refractivity contribution < 1.29 is 9.59 Å². The molecule has 0 saturated carbocycles. The molecule has 2 unspecified atom stereocenters. The topological polar surface area (TPSA) is 75.4 Å². The van der Waals surface area contributed by atoms with E-state index >= 15 is 0 Å². The van der Waals surface area contributed by atoms with Gasteiger partial charge in [-0.1, -0.05) is 50.6 Å². The van der Waals surface area contributed by atoms with Crippen molar-refractivity contribution >= 4 is 23.2 Å². The number of nitrogens with one attached hydrogen (secondary N) is 1. The first-order valence-corrected chi connectivity index (χ1v) is 10.0. The van der Waals surface area contributed by atoms with E-state index in [-0.39, 0.29) is 17.7 Å². The number of para-hydroxylation sites is 1. The molecule has 3 N–H and O–H groups in total. The third kappa shape index (κ3) is 4.60. The number of carbonyl (C=O) groups excluding carboxylic acids is 2. The highest BCUT2D eigenvalue weighted by molar-refractivity contribution is 5.96. The molecule has 1 aliphatic heterocycles. The second kappa shape index (κ2) is 9.02. The Hall–Kier alpha value is -2.66. The molecule has 28 heavy (non-hydrogen) atoms. The Kier molecular flexibility index (Phi) is 6.47. The van der Waals surface area contributed by atoms with Crippen LogP contribution in [0.15, 0.2) is 48.5 Å². The van der Waals surface area contributed by atoms with Crippen LogP contribution in [0.1, 0.15) is 37.8 Å². The molecule has 3 rings (SSSR count). The highest BCUT2D eigenvalue weighted by Crippen LogP contribution is 2.27. The largest absolute Gasteiger partial charge is 0.325 e. The maximum absolute atomic E-state index is 12.8. The summed E-state index contributed by atoms with van der Waals surface area (Å²) in [7, 11) is 0. The van der Waals surface area contributed by atoms with Gasteiger partial charge >= 0.3 is 0 Å². The molecule has 0 radical (unpaired) electrons. The van der Waals surface area contributed by atoms with Crippen molar-refractivity contribution in [2.75, 3.05) is 16.8 Å². The minimum absolute atomic E-state index is 0.0997. The van der Waals surface area contributed by atoms with Gasteiger partial charge in [0, 0.05) is 17.9 Å². The Labute approximate surface area is 166 Å². The number of aryl methyl sites for hydroxylation is 1. The van der Waals surface area contributed by atoms with Crippen molar-refractivity contribution in [3.05, 3.63) is 59.7 Å². The lowest BCUT2D eigenvalue weighted by Gasteiger charge is -2.29. The molecule has 2 amide bonds. The van der Waals surface area contributed by atoms with Gasteiger partial charge in [-0.15, -0.1) is 0 Å². The first-order chi connectivity index (χ1) is 13.5. The van der Waals surface area contributed by atoms with Crippen molar-refractivity contribution in [3.8, 4) is 0 Å². The minimum Gasteiger partial charge on any atom is -0.325 e. The van der Waals surface area contributed by atoms with Gasteiger partial charge in [0.15, 0.2) is 0 Å². The fourth-order valence-electron chi connectivity index (χ4n) is 3.51. The van der Waals surface area contributed by atoms with E-state index in [0.29, 0.717) is 12.1 Å². The Morgan fingerprint density at radius 1 is 1.14 bits per heavy atom. The van der Waals surface area contributed by atoms with Crippen molar-refractivity contribution in [1.29, 1.82) is 0 Å². The molecule has 1 aliphatic rings. The number of hydrogen-bond acceptors (Lipinski definition) is 3. The zero-order valence-electron chi connectivity index (χ0n) is 16.7. The van der Waals surface area contributed by atoms with E-state index in [0.717, 1.165) is 37.1 Å². The fraction of sp³-hybridized carbons (Fsp3) is 0.391. The molecule has 0 fully saturated rings. The Balaban J connectivity index is 1.62. The third-order valence-corrected chi connectivity index (χ3v) is 5.55. The molecule has 0 aliphatic carbocycles. The highest BCUT2D eigenvalue weighted by atomic mass is 16.2. The van der Waals surface area contributed by atoms with E-state index in [9.17, 15) is 9.59 Å². The molecule has 148 valence electrons.